The zero-order valence-corrected chi connectivity index (χ0v) is 11.8. The Balaban J connectivity index is 1.70. The Hall–Kier alpha value is -2.21. The fraction of sp³-hybridized carbons (Fsp3) is 0.400. The number of hydrogen-bond donors (Lipinski definition) is 2. The van der Waals surface area contributed by atoms with Crippen LogP contribution >= 0.6 is 0 Å². The van der Waals surface area contributed by atoms with Gasteiger partial charge >= 0.3 is 0 Å². The van der Waals surface area contributed by atoms with Crippen LogP contribution in [-0.2, 0) is 4.79 Å². The molecule has 1 heterocycles. The highest BCUT2D eigenvalue weighted by atomic mass is 16.1. The van der Waals surface area contributed by atoms with E-state index in [-0.39, 0.29) is 17.9 Å². The largest absolute Gasteiger partial charge is 0.328 e. The van der Waals surface area contributed by atoms with Crippen molar-refractivity contribution >= 4 is 11.6 Å². The van der Waals surface area contributed by atoms with Crippen molar-refractivity contribution in [2.45, 2.75) is 31.7 Å². The van der Waals surface area contributed by atoms with Gasteiger partial charge in [0, 0.05) is 17.6 Å². The Morgan fingerprint density at radius 1 is 1.29 bits per heavy atom. The van der Waals surface area contributed by atoms with E-state index in [9.17, 15) is 4.79 Å². The average molecular weight is 285 g/mol. The maximum absolute atomic E-state index is 12.3. The predicted octanol–water partition coefficient (Wildman–Crippen LogP) is 1.72. The van der Waals surface area contributed by atoms with Crippen LogP contribution in [0.15, 0.2) is 36.9 Å². The minimum absolute atomic E-state index is 0.0207. The van der Waals surface area contributed by atoms with Crippen molar-refractivity contribution in [1.82, 2.24) is 14.8 Å². The van der Waals surface area contributed by atoms with Gasteiger partial charge in [0.1, 0.15) is 12.7 Å². The lowest BCUT2D eigenvalue weighted by Crippen LogP contribution is -2.34. The van der Waals surface area contributed by atoms with Crippen LogP contribution in [0.4, 0.5) is 5.69 Å². The molecule has 0 bridgehead atoms. The second kappa shape index (κ2) is 6.05. The molecule has 3 rings (SSSR count). The second-order valence-electron chi connectivity index (χ2n) is 5.53. The van der Waals surface area contributed by atoms with Gasteiger partial charge in [0.05, 0.1) is 5.69 Å². The number of amides is 1. The van der Waals surface area contributed by atoms with Crippen molar-refractivity contribution in [2.75, 3.05) is 5.32 Å². The maximum Gasteiger partial charge on any atom is 0.227 e. The molecule has 110 valence electrons. The van der Waals surface area contributed by atoms with Gasteiger partial charge in [-0.3, -0.25) is 9.36 Å². The highest BCUT2D eigenvalue weighted by Crippen LogP contribution is 2.25. The first kappa shape index (κ1) is 13.8. The Labute approximate surface area is 123 Å². The summed E-state index contributed by atoms with van der Waals surface area (Å²) in [7, 11) is 0. The first-order valence-electron chi connectivity index (χ1n) is 7.24. The van der Waals surface area contributed by atoms with E-state index in [0.29, 0.717) is 0 Å². The molecule has 1 amide bonds. The van der Waals surface area contributed by atoms with Gasteiger partial charge in [-0.25, -0.2) is 0 Å². The number of rotatable bonds is 3. The van der Waals surface area contributed by atoms with Crippen molar-refractivity contribution in [3.05, 3.63) is 36.9 Å². The number of nitrogens with zero attached hydrogens (tertiary/aromatic N) is 3. The number of carbonyl (C=O) groups is 1. The van der Waals surface area contributed by atoms with Gasteiger partial charge in [-0.15, -0.1) is 10.2 Å². The summed E-state index contributed by atoms with van der Waals surface area (Å²) in [6, 6.07) is 7.78. The van der Waals surface area contributed by atoms with E-state index in [4.69, 9.17) is 5.73 Å². The number of nitrogens with two attached hydrogens (primary N) is 1. The third-order valence-electron chi connectivity index (χ3n) is 3.92. The van der Waals surface area contributed by atoms with E-state index in [2.05, 4.69) is 15.5 Å². The lowest BCUT2D eigenvalue weighted by atomic mass is 9.85. The average Bonchev–Trinajstić information content (AvgIpc) is 3.02. The minimum atomic E-state index is 0.0207. The summed E-state index contributed by atoms with van der Waals surface area (Å²) in [6.07, 6.45) is 7.00. The van der Waals surface area contributed by atoms with Crippen molar-refractivity contribution in [3.63, 3.8) is 0 Å². The van der Waals surface area contributed by atoms with E-state index < -0.39 is 0 Å². The molecule has 1 aliphatic rings. The lowest BCUT2D eigenvalue weighted by molar-refractivity contribution is -0.120. The fourth-order valence-electron chi connectivity index (χ4n) is 2.79. The molecule has 1 aliphatic carbocycles. The summed E-state index contributed by atoms with van der Waals surface area (Å²) in [5.74, 6) is 0.0818. The SMILES string of the molecule is NC1CCCC(C(=O)Nc2cccc(-n3cnnc3)c2)C1. The number of carbonyl (C=O) groups excluding carboxylic acids is 1. The van der Waals surface area contributed by atoms with E-state index in [1.54, 1.807) is 17.2 Å². The highest BCUT2D eigenvalue weighted by molar-refractivity contribution is 5.92. The van der Waals surface area contributed by atoms with Crippen LogP contribution in [0.2, 0.25) is 0 Å². The summed E-state index contributed by atoms with van der Waals surface area (Å²) in [4.78, 5) is 12.3. The van der Waals surface area contributed by atoms with Gasteiger partial charge in [-0.2, -0.15) is 0 Å². The fourth-order valence-corrected chi connectivity index (χ4v) is 2.79. The molecule has 21 heavy (non-hydrogen) atoms. The summed E-state index contributed by atoms with van der Waals surface area (Å²) in [5.41, 5.74) is 7.65. The summed E-state index contributed by atoms with van der Waals surface area (Å²) in [6.45, 7) is 0. The molecule has 6 nitrogen and oxygen atoms in total. The molecule has 1 saturated carbocycles. The molecule has 0 aliphatic heterocycles. The molecule has 6 heteroatoms. The molecule has 1 fully saturated rings. The third-order valence-corrected chi connectivity index (χ3v) is 3.92. The molecule has 1 aromatic carbocycles. The van der Waals surface area contributed by atoms with Gasteiger partial charge in [-0.05, 0) is 37.5 Å². The molecule has 2 unspecified atom stereocenters. The number of benzene rings is 1. The van der Waals surface area contributed by atoms with Gasteiger partial charge in [0.15, 0.2) is 0 Å². The van der Waals surface area contributed by atoms with Crippen LogP contribution in [0.25, 0.3) is 5.69 Å². The van der Waals surface area contributed by atoms with E-state index in [0.717, 1.165) is 37.1 Å². The Kier molecular flexibility index (Phi) is 3.96. The molecular formula is C15H19N5O. The van der Waals surface area contributed by atoms with Crippen LogP contribution in [0.5, 0.6) is 0 Å². The van der Waals surface area contributed by atoms with Crippen LogP contribution in [0.3, 0.4) is 0 Å². The van der Waals surface area contributed by atoms with Gasteiger partial charge in [0.25, 0.3) is 0 Å². The van der Waals surface area contributed by atoms with Gasteiger partial charge < -0.3 is 11.1 Å². The van der Waals surface area contributed by atoms with Gasteiger partial charge in [-0.1, -0.05) is 12.5 Å². The first-order valence-corrected chi connectivity index (χ1v) is 7.24. The molecule has 2 aromatic rings. The minimum Gasteiger partial charge on any atom is -0.328 e. The Morgan fingerprint density at radius 3 is 2.86 bits per heavy atom. The van der Waals surface area contributed by atoms with Crippen LogP contribution in [-0.4, -0.2) is 26.7 Å². The smallest absolute Gasteiger partial charge is 0.227 e. The molecule has 0 spiro atoms. The summed E-state index contributed by atoms with van der Waals surface area (Å²) < 4.78 is 1.80. The molecule has 0 saturated heterocycles. The van der Waals surface area contributed by atoms with Crippen molar-refractivity contribution in [1.29, 1.82) is 0 Å². The summed E-state index contributed by atoms with van der Waals surface area (Å²) >= 11 is 0. The number of anilines is 1. The van der Waals surface area contributed by atoms with Crippen molar-refractivity contribution in [2.24, 2.45) is 11.7 Å². The van der Waals surface area contributed by atoms with E-state index >= 15 is 0 Å². The molecule has 3 N–H and O–H groups in total. The lowest BCUT2D eigenvalue weighted by Gasteiger charge is -2.25. The van der Waals surface area contributed by atoms with E-state index in [1.807, 2.05) is 24.3 Å². The number of hydrogen-bond acceptors (Lipinski definition) is 4. The first-order chi connectivity index (χ1) is 10.2. The highest BCUT2D eigenvalue weighted by Gasteiger charge is 2.25. The van der Waals surface area contributed by atoms with Crippen LogP contribution in [0, 0.1) is 5.92 Å². The normalized spacial score (nSPS) is 22.0. The summed E-state index contributed by atoms with van der Waals surface area (Å²) in [5, 5.41) is 10.6. The van der Waals surface area contributed by atoms with Crippen molar-refractivity contribution in [3.8, 4) is 5.69 Å². The third kappa shape index (κ3) is 3.28. The zero-order valence-electron chi connectivity index (χ0n) is 11.8. The second-order valence-corrected chi connectivity index (χ2v) is 5.53. The maximum atomic E-state index is 12.3. The van der Waals surface area contributed by atoms with Gasteiger partial charge in [0.2, 0.25) is 5.91 Å². The quantitative estimate of drug-likeness (QED) is 0.899. The monoisotopic (exact) mass is 285 g/mol. The Bertz CT molecular complexity index is 610. The topological polar surface area (TPSA) is 85.8 Å². The predicted molar refractivity (Wildman–Crippen MR) is 79.9 cm³/mol. The van der Waals surface area contributed by atoms with Crippen molar-refractivity contribution < 1.29 is 4.79 Å². The standard InChI is InChI=1S/C15H19N5O/c16-12-4-1-3-11(7-12)15(21)19-13-5-2-6-14(8-13)20-9-17-18-10-20/h2,5-6,8-12H,1,3-4,7,16H2,(H,19,21). The molecule has 0 radical (unpaired) electrons. The molecule has 2 atom stereocenters. The number of aromatic nitrogens is 3. The zero-order chi connectivity index (χ0) is 14.7. The van der Waals surface area contributed by atoms with Crippen LogP contribution < -0.4 is 11.1 Å². The molecule has 1 aromatic heterocycles. The number of nitrogens with one attached hydrogen (secondary N) is 1. The van der Waals surface area contributed by atoms with E-state index in [1.165, 1.54) is 0 Å². The Morgan fingerprint density at radius 2 is 2.10 bits per heavy atom. The van der Waals surface area contributed by atoms with Crippen LogP contribution in [0.1, 0.15) is 25.7 Å². The molecular weight excluding hydrogens is 266 g/mol.